The molecule has 0 aliphatic rings. The van der Waals surface area contributed by atoms with Crippen LogP contribution in [0.3, 0.4) is 0 Å². The number of para-hydroxylation sites is 3. The van der Waals surface area contributed by atoms with Crippen molar-refractivity contribution in [1.29, 1.82) is 5.26 Å². The quantitative estimate of drug-likeness (QED) is 0.206. The van der Waals surface area contributed by atoms with Crippen LogP contribution in [0, 0.1) is 11.3 Å². The topological polar surface area (TPSA) is 59.4 Å². The van der Waals surface area contributed by atoms with Crippen molar-refractivity contribution >= 4 is 43.6 Å². The predicted molar refractivity (Wildman–Crippen MR) is 186 cm³/mol. The lowest BCUT2D eigenvalue weighted by atomic mass is 10.1. The van der Waals surface area contributed by atoms with Crippen LogP contribution >= 0.6 is 0 Å². The molecule has 0 aliphatic heterocycles. The third-order valence-electron chi connectivity index (χ3n) is 8.77. The molecular formula is C41H25N5. The molecular weight excluding hydrogens is 562 g/mol. The standard InChI is InChI=1S/C41H25N5/c42-26-27-19-21-29(22-20-27)36-25-35(28-11-3-1-4-12-28)43-41(44-36)46-38-18-10-8-16-32(38)34-23-39-33(24-40(34)46)31-15-7-9-17-37(31)45(39)30-13-5-2-6-14-30/h1-25H. The van der Waals surface area contributed by atoms with Gasteiger partial charge in [-0.3, -0.25) is 4.57 Å². The first-order valence-corrected chi connectivity index (χ1v) is 15.2. The molecule has 5 heteroatoms. The van der Waals surface area contributed by atoms with E-state index in [0.717, 1.165) is 61.0 Å². The Hall–Kier alpha value is -6.51. The van der Waals surface area contributed by atoms with Gasteiger partial charge in [-0.1, -0.05) is 97.1 Å². The molecule has 0 bridgehead atoms. The van der Waals surface area contributed by atoms with Gasteiger partial charge < -0.3 is 4.57 Å². The van der Waals surface area contributed by atoms with E-state index in [1.165, 1.54) is 10.8 Å². The van der Waals surface area contributed by atoms with Crippen LogP contribution in [-0.2, 0) is 0 Å². The molecule has 0 aliphatic carbocycles. The number of nitrogens with zero attached hydrogens (tertiary/aromatic N) is 5. The summed E-state index contributed by atoms with van der Waals surface area (Å²) in [4.78, 5) is 10.4. The summed E-state index contributed by atoms with van der Waals surface area (Å²) in [6.45, 7) is 0. The van der Waals surface area contributed by atoms with Gasteiger partial charge in [-0.05, 0) is 54.6 Å². The number of hydrogen-bond donors (Lipinski definition) is 0. The lowest BCUT2D eigenvalue weighted by Crippen LogP contribution is -2.04. The first kappa shape index (κ1) is 25.9. The number of rotatable bonds is 4. The van der Waals surface area contributed by atoms with Crippen LogP contribution in [0.2, 0.25) is 0 Å². The fraction of sp³-hybridized carbons (Fsp3) is 0. The zero-order chi connectivity index (χ0) is 30.6. The lowest BCUT2D eigenvalue weighted by molar-refractivity contribution is 0.996. The molecule has 3 heterocycles. The Kier molecular flexibility index (Phi) is 5.81. The average molecular weight is 588 g/mol. The number of fused-ring (bicyclic) bond motifs is 6. The fourth-order valence-corrected chi connectivity index (χ4v) is 6.66. The molecule has 214 valence electrons. The zero-order valence-electron chi connectivity index (χ0n) is 24.7. The highest BCUT2D eigenvalue weighted by atomic mass is 15.2. The Labute approximate surface area is 264 Å². The molecule has 0 saturated heterocycles. The van der Waals surface area contributed by atoms with Crippen LogP contribution < -0.4 is 0 Å². The summed E-state index contributed by atoms with van der Waals surface area (Å²) in [7, 11) is 0. The van der Waals surface area contributed by atoms with Gasteiger partial charge in [0.1, 0.15) is 0 Å². The molecule has 46 heavy (non-hydrogen) atoms. The van der Waals surface area contributed by atoms with Crippen molar-refractivity contribution in [1.82, 2.24) is 19.1 Å². The molecule has 0 amide bonds. The summed E-state index contributed by atoms with van der Waals surface area (Å²) < 4.78 is 4.55. The van der Waals surface area contributed by atoms with Gasteiger partial charge in [0.25, 0.3) is 0 Å². The van der Waals surface area contributed by atoms with Gasteiger partial charge in [0.05, 0.1) is 45.1 Å². The van der Waals surface area contributed by atoms with E-state index >= 15 is 0 Å². The summed E-state index contributed by atoms with van der Waals surface area (Å²) in [5, 5.41) is 14.0. The number of benzene rings is 6. The summed E-state index contributed by atoms with van der Waals surface area (Å²) in [6, 6.07) is 54.3. The van der Waals surface area contributed by atoms with E-state index in [0.29, 0.717) is 11.5 Å². The maximum Gasteiger partial charge on any atom is 0.235 e. The third kappa shape index (κ3) is 4.02. The molecule has 0 saturated carbocycles. The maximum atomic E-state index is 9.39. The molecule has 9 aromatic rings. The highest BCUT2D eigenvalue weighted by Crippen LogP contribution is 2.39. The van der Waals surface area contributed by atoms with Crippen molar-refractivity contribution in [3.05, 3.63) is 157 Å². The monoisotopic (exact) mass is 587 g/mol. The molecule has 9 rings (SSSR count). The molecule has 0 N–H and O–H groups in total. The van der Waals surface area contributed by atoms with E-state index in [1.807, 2.05) is 48.5 Å². The Morgan fingerprint density at radius 1 is 0.435 bits per heavy atom. The fourth-order valence-electron chi connectivity index (χ4n) is 6.66. The van der Waals surface area contributed by atoms with E-state index in [2.05, 4.69) is 118 Å². The van der Waals surface area contributed by atoms with Crippen LogP contribution in [0.4, 0.5) is 0 Å². The van der Waals surface area contributed by atoms with E-state index in [-0.39, 0.29) is 0 Å². The van der Waals surface area contributed by atoms with Gasteiger partial charge in [-0.15, -0.1) is 0 Å². The van der Waals surface area contributed by atoms with Crippen molar-refractivity contribution in [2.24, 2.45) is 0 Å². The summed E-state index contributed by atoms with van der Waals surface area (Å²) in [6.07, 6.45) is 0. The molecule has 0 spiro atoms. The largest absolute Gasteiger partial charge is 0.309 e. The molecule has 0 radical (unpaired) electrons. The number of nitriles is 1. The first-order chi connectivity index (χ1) is 22.8. The van der Waals surface area contributed by atoms with Crippen molar-refractivity contribution < 1.29 is 0 Å². The minimum absolute atomic E-state index is 0.595. The van der Waals surface area contributed by atoms with Crippen LogP contribution in [0.15, 0.2) is 152 Å². The first-order valence-electron chi connectivity index (χ1n) is 15.2. The lowest BCUT2D eigenvalue weighted by Gasteiger charge is -2.12. The SMILES string of the molecule is N#Cc1ccc(-c2cc(-c3ccccc3)nc(-n3c4ccccc4c4cc5c(cc43)c3ccccc3n5-c3ccccc3)n2)cc1. The minimum atomic E-state index is 0.595. The van der Waals surface area contributed by atoms with Gasteiger partial charge in [0.15, 0.2) is 0 Å². The normalized spacial score (nSPS) is 11.5. The van der Waals surface area contributed by atoms with Gasteiger partial charge in [-0.25, -0.2) is 9.97 Å². The highest BCUT2D eigenvalue weighted by molar-refractivity contribution is 6.18. The Morgan fingerprint density at radius 2 is 0.935 bits per heavy atom. The number of aromatic nitrogens is 4. The molecule has 5 nitrogen and oxygen atoms in total. The van der Waals surface area contributed by atoms with E-state index in [1.54, 1.807) is 0 Å². The molecule has 0 unspecified atom stereocenters. The van der Waals surface area contributed by atoms with E-state index in [4.69, 9.17) is 9.97 Å². The Balaban J connectivity index is 1.38. The Morgan fingerprint density at radius 3 is 1.54 bits per heavy atom. The third-order valence-corrected chi connectivity index (χ3v) is 8.77. The zero-order valence-corrected chi connectivity index (χ0v) is 24.7. The van der Waals surface area contributed by atoms with Gasteiger partial charge in [0.2, 0.25) is 5.95 Å². The molecule has 3 aromatic heterocycles. The van der Waals surface area contributed by atoms with Crippen LogP contribution in [0.5, 0.6) is 0 Å². The summed E-state index contributed by atoms with van der Waals surface area (Å²) in [5.74, 6) is 0.595. The summed E-state index contributed by atoms with van der Waals surface area (Å²) >= 11 is 0. The second kappa shape index (κ2) is 10.3. The highest BCUT2D eigenvalue weighted by Gasteiger charge is 2.20. The van der Waals surface area contributed by atoms with Gasteiger partial charge in [-0.2, -0.15) is 5.26 Å². The van der Waals surface area contributed by atoms with Crippen LogP contribution in [0.1, 0.15) is 5.56 Å². The maximum absolute atomic E-state index is 9.39. The minimum Gasteiger partial charge on any atom is -0.309 e. The van der Waals surface area contributed by atoms with E-state index < -0.39 is 0 Å². The molecule has 6 aromatic carbocycles. The van der Waals surface area contributed by atoms with Crippen LogP contribution in [0.25, 0.3) is 77.8 Å². The van der Waals surface area contributed by atoms with Crippen LogP contribution in [-0.4, -0.2) is 19.1 Å². The smallest absolute Gasteiger partial charge is 0.235 e. The molecule has 0 fully saturated rings. The number of hydrogen-bond acceptors (Lipinski definition) is 3. The van der Waals surface area contributed by atoms with Gasteiger partial charge in [0, 0.05) is 38.4 Å². The summed E-state index contributed by atoms with van der Waals surface area (Å²) in [5.41, 5.74) is 9.70. The van der Waals surface area contributed by atoms with Crippen molar-refractivity contribution in [2.75, 3.05) is 0 Å². The van der Waals surface area contributed by atoms with E-state index in [9.17, 15) is 5.26 Å². The van der Waals surface area contributed by atoms with Crippen molar-refractivity contribution in [2.45, 2.75) is 0 Å². The predicted octanol–water partition coefficient (Wildman–Crippen LogP) is 9.88. The van der Waals surface area contributed by atoms with Gasteiger partial charge >= 0.3 is 0 Å². The second-order valence-electron chi connectivity index (χ2n) is 11.4. The van der Waals surface area contributed by atoms with Crippen molar-refractivity contribution in [3.8, 4) is 40.2 Å². The van der Waals surface area contributed by atoms with Crippen molar-refractivity contribution in [3.63, 3.8) is 0 Å². The second-order valence-corrected chi connectivity index (χ2v) is 11.4. The molecule has 0 atom stereocenters. The average Bonchev–Trinajstić information content (AvgIpc) is 3.63. The Bertz CT molecular complexity index is 2620.